The lowest BCUT2D eigenvalue weighted by Gasteiger charge is -2.14. The molecule has 1 heterocycles. The van der Waals surface area contributed by atoms with Crippen molar-refractivity contribution in [2.24, 2.45) is 0 Å². The summed E-state index contributed by atoms with van der Waals surface area (Å²) in [5.41, 5.74) is 0.285. The van der Waals surface area contributed by atoms with Crippen LogP contribution in [0.1, 0.15) is 37.0 Å². The van der Waals surface area contributed by atoms with E-state index in [0.29, 0.717) is 21.3 Å². The molecule has 0 spiro atoms. The van der Waals surface area contributed by atoms with E-state index in [0.717, 1.165) is 0 Å². The number of carboxylic acid groups (broad SMARTS) is 1. The number of halogens is 2. The Morgan fingerprint density at radius 1 is 1.25 bits per heavy atom. The van der Waals surface area contributed by atoms with Crippen LogP contribution in [0.15, 0.2) is 22.6 Å². The van der Waals surface area contributed by atoms with E-state index in [1.54, 1.807) is 18.2 Å². The van der Waals surface area contributed by atoms with E-state index >= 15 is 0 Å². The predicted octanol–water partition coefficient (Wildman–Crippen LogP) is 4.64. The number of aromatic carboxylic acids is 1. The Hall–Kier alpha value is -1.52. The van der Waals surface area contributed by atoms with Gasteiger partial charge in [-0.05, 0) is 12.1 Å². The van der Waals surface area contributed by atoms with E-state index in [-0.39, 0.29) is 11.7 Å². The minimum absolute atomic E-state index is 0.114. The van der Waals surface area contributed by atoms with Crippen molar-refractivity contribution in [2.45, 2.75) is 26.2 Å². The minimum Gasteiger partial charge on any atom is -0.475 e. The van der Waals surface area contributed by atoms with Crippen LogP contribution in [0, 0.1) is 0 Å². The molecule has 0 saturated heterocycles. The highest BCUT2D eigenvalue weighted by atomic mass is 35.5. The maximum Gasteiger partial charge on any atom is 0.373 e. The van der Waals surface area contributed by atoms with Crippen LogP contribution < -0.4 is 0 Å². The zero-order valence-electron chi connectivity index (χ0n) is 11.2. The molecular formula is C14H13Cl2NO3. The number of hydrogen-bond donors (Lipinski definition) is 1. The zero-order chi connectivity index (χ0) is 15.1. The van der Waals surface area contributed by atoms with Crippen LogP contribution >= 0.6 is 23.2 Å². The largest absolute Gasteiger partial charge is 0.475 e. The van der Waals surface area contributed by atoms with Crippen LogP contribution in [-0.4, -0.2) is 16.1 Å². The fourth-order valence-electron chi connectivity index (χ4n) is 1.78. The highest BCUT2D eigenvalue weighted by Crippen LogP contribution is 2.37. The first-order chi connectivity index (χ1) is 9.21. The summed E-state index contributed by atoms with van der Waals surface area (Å²) >= 11 is 12.2. The molecule has 0 atom stereocenters. The fraction of sp³-hybridized carbons (Fsp3) is 0.286. The molecule has 1 aromatic carbocycles. The first-order valence-electron chi connectivity index (χ1n) is 5.91. The summed E-state index contributed by atoms with van der Waals surface area (Å²) in [4.78, 5) is 15.6. The van der Waals surface area contributed by atoms with Crippen molar-refractivity contribution in [3.63, 3.8) is 0 Å². The molecule has 0 amide bonds. The van der Waals surface area contributed by atoms with Gasteiger partial charge in [0, 0.05) is 5.41 Å². The highest BCUT2D eigenvalue weighted by molar-refractivity contribution is 6.38. The molecule has 0 bridgehead atoms. The molecule has 6 heteroatoms. The fourth-order valence-corrected chi connectivity index (χ4v) is 2.34. The molecular weight excluding hydrogens is 301 g/mol. The van der Waals surface area contributed by atoms with Crippen molar-refractivity contribution < 1.29 is 14.3 Å². The average Bonchev–Trinajstić information content (AvgIpc) is 2.73. The van der Waals surface area contributed by atoms with Crippen LogP contribution in [0.2, 0.25) is 10.0 Å². The average molecular weight is 314 g/mol. The Kier molecular flexibility index (Phi) is 3.80. The topological polar surface area (TPSA) is 63.3 Å². The minimum atomic E-state index is -1.17. The SMILES string of the molecule is CC(C)(C)c1nc(-c2c(Cl)cccc2Cl)oc1C(=O)O. The Labute approximate surface area is 126 Å². The van der Waals surface area contributed by atoms with Crippen LogP contribution in [0.4, 0.5) is 0 Å². The molecule has 0 saturated carbocycles. The molecule has 2 rings (SSSR count). The van der Waals surface area contributed by atoms with Gasteiger partial charge >= 0.3 is 5.97 Å². The molecule has 0 unspecified atom stereocenters. The molecule has 2 aromatic rings. The van der Waals surface area contributed by atoms with Gasteiger partial charge in [0.05, 0.1) is 15.6 Å². The van der Waals surface area contributed by atoms with Crippen LogP contribution in [0.5, 0.6) is 0 Å². The summed E-state index contributed by atoms with van der Waals surface area (Å²) in [7, 11) is 0. The summed E-state index contributed by atoms with van der Waals surface area (Å²) in [6, 6.07) is 4.98. The second-order valence-electron chi connectivity index (χ2n) is 5.35. The van der Waals surface area contributed by atoms with Gasteiger partial charge in [0.15, 0.2) is 0 Å². The predicted molar refractivity (Wildman–Crippen MR) is 77.6 cm³/mol. The van der Waals surface area contributed by atoms with Gasteiger partial charge in [0.2, 0.25) is 11.7 Å². The van der Waals surface area contributed by atoms with Crippen LogP contribution in [-0.2, 0) is 5.41 Å². The maximum absolute atomic E-state index is 11.3. The van der Waals surface area contributed by atoms with Gasteiger partial charge < -0.3 is 9.52 Å². The van der Waals surface area contributed by atoms with E-state index in [1.165, 1.54) is 0 Å². The number of carbonyl (C=O) groups is 1. The van der Waals surface area contributed by atoms with E-state index in [9.17, 15) is 9.90 Å². The Bertz CT molecular complexity index is 651. The normalized spacial score (nSPS) is 11.7. The molecule has 0 aliphatic carbocycles. The van der Waals surface area contributed by atoms with E-state index in [4.69, 9.17) is 27.6 Å². The second-order valence-corrected chi connectivity index (χ2v) is 6.16. The molecule has 106 valence electrons. The number of nitrogens with zero attached hydrogens (tertiary/aromatic N) is 1. The van der Waals surface area contributed by atoms with E-state index in [2.05, 4.69) is 4.98 Å². The van der Waals surface area contributed by atoms with Crippen molar-refractivity contribution in [1.82, 2.24) is 4.98 Å². The lowest BCUT2D eigenvalue weighted by Crippen LogP contribution is -2.16. The first-order valence-corrected chi connectivity index (χ1v) is 6.66. The smallest absolute Gasteiger partial charge is 0.373 e. The third-order valence-electron chi connectivity index (χ3n) is 2.71. The number of aromatic nitrogens is 1. The number of rotatable bonds is 2. The highest BCUT2D eigenvalue weighted by Gasteiger charge is 2.30. The molecule has 0 fully saturated rings. The zero-order valence-corrected chi connectivity index (χ0v) is 12.7. The second kappa shape index (κ2) is 5.11. The molecule has 0 aliphatic heterocycles. The third-order valence-corrected chi connectivity index (χ3v) is 3.34. The van der Waals surface area contributed by atoms with Crippen molar-refractivity contribution in [2.75, 3.05) is 0 Å². The quantitative estimate of drug-likeness (QED) is 0.877. The summed E-state index contributed by atoms with van der Waals surface area (Å²) in [5, 5.41) is 9.94. The van der Waals surface area contributed by atoms with Crippen molar-refractivity contribution >= 4 is 29.2 Å². The van der Waals surface area contributed by atoms with Gasteiger partial charge in [0.25, 0.3) is 0 Å². The summed E-state index contributed by atoms with van der Waals surface area (Å²) in [6.45, 7) is 5.57. The lowest BCUT2D eigenvalue weighted by atomic mass is 9.91. The van der Waals surface area contributed by atoms with Gasteiger partial charge in [0.1, 0.15) is 5.69 Å². The molecule has 20 heavy (non-hydrogen) atoms. The Morgan fingerprint density at radius 2 is 1.80 bits per heavy atom. The monoisotopic (exact) mass is 313 g/mol. The van der Waals surface area contributed by atoms with Crippen LogP contribution in [0.25, 0.3) is 11.5 Å². The maximum atomic E-state index is 11.3. The van der Waals surface area contributed by atoms with Crippen molar-refractivity contribution in [3.05, 3.63) is 39.7 Å². The first kappa shape index (κ1) is 14.9. The number of carboxylic acids is 1. The van der Waals surface area contributed by atoms with E-state index in [1.807, 2.05) is 20.8 Å². The van der Waals surface area contributed by atoms with Crippen molar-refractivity contribution in [3.8, 4) is 11.5 Å². The lowest BCUT2D eigenvalue weighted by molar-refractivity contribution is 0.0659. The summed E-state index contributed by atoms with van der Waals surface area (Å²) in [6.07, 6.45) is 0. The molecule has 4 nitrogen and oxygen atoms in total. The van der Waals surface area contributed by atoms with Gasteiger partial charge in [-0.3, -0.25) is 0 Å². The molecule has 0 radical (unpaired) electrons. The van der Waals surface area contributed by atoms with Gasteiger partial charge in [-0.1, -0.05) is 50.0 Å². The Morgan fingerprint density at radius 3 is 2.20 bits per heavy atom. The van der Waals surface area contributed by atoms with Crippen molar-refractivity contribution in [1.29, 1.82) is 0 Å². The standard InChI is InChI=1S/C14H13Cl2NO3/c1-14(2,3)11-10(13(18)19)20-12(17-11)9-7(15)5-4-6-8(9)16/h4-6H,1-3H3,(H,18,19). The molecule has 1 aromatic heterocycles. The van der Waals surface area contributed by atoms with Gasteiger partial charge in [-0.15, -0.1) is 0 Å². The number of oxazole rings is 1. The summed E-state index contributed by atoms with van der Waals surface area (Å²) < 4.78 is 5.37. The van der Waals surface area contributed by atoms with Gasteiger partial charge in [-0.2, -0.15) is 0 Å². The molecule has 1 N–H and O–H groups in total. The Balaban J connectivity index is 2.69. The number of benzene rings is 1. The number of hydrogen-bond acceptors (Lipinski definition) is 3. The van der Waals surface area contributed by atoms with Crippen LogP contribution in [0.3, 0.4) is 0 Å². The summed E-state index contributed by atoms with van der Waals surface area (Å²) in [5.74, 6) is -1.25. The third kappa shape index (κ3) is 2.67. The van der Waals surface area contributed by atoms with E-state index < -0.39 is 11.4 Å². The molecule has 0 aliphatic rings. The van der Waals surface area contributed by atoms with Gasteiger partial charge in [-0.25, -0.2) is 9.78 Å².